The molecular formula is C93H173O25P. The zero-order valence-corrected chi connectivity index (χ0v) is 75.6. The van der Waals surface area contributed by atoms with Crippen molar-refractivity contribution in [2.75, 3.05) is 26.4 Å². The van der Waals surface area contributed by atoms with Gasteiger partial charge in [0.2, 0.25) is 0 Å². The Morgan fingerprint density at radius 3 is 1.01 bits per heavy atom. The van der Waals surface area contributed by atoms with E-state index in [0.29, 0.717) is 32.1 Å². The molecule has 26 heteroatoms. The first-order valence-electron chi connectivity index (χ1n) is 48.4. The molecule has 18 atom stereocenters. The molecule has 0 radical (unpaired) electrons. The van der Waals surface area contributed by atoms with Crippen molar-refractivity contribution >= 4 is 31.7 Å². The second-order valence-corrected chi connectivity index (χ2v) is 36.0. The second-order valence-electron chi connectivity index (χ2n) is 34.6. The molecule has 1 aliphatic carbocycles. The van der Waals surface area contributed by atoms with E-state index in [1.165, 1.54) is 193 Å². The number of aliphatic hydroxyl groups is 9. The van der Waals surface area contributed by atoms with Gasteiger partial charge in [0.05, 0.1) is 13.2 Å². The van der Waals surface area contributed by atoms with Crippen molar-refractivity contribution in [3.05, 3.63) is 12.2 Å². The molecule has 3 fully saturated rings. The first-order valence-corrected chi connectivity index (χ1v) is 49.9. The van der Waals surface area contributed by atoms with E-state index in [2.05, 4.69) is 39.8 Å². The van der Waals surface area contributed by atoms with E-state index < -0.39 is 162 Å². The van der Waals surface area contributed by atoms with Crippen molar-refractivity contribution in [2.45, 2.75) is 530 Å². The molecule has 0 aromatic heterocycles. The highest BCUT2D eigenvalue weighted by molar-refractivity contribution is 7.47. The normalized spacial score (nSPS) is 24.8. The molecular weight excluding hydrogens is 1550 g/mol. The van der Waals surface area contributed by atoms with E-state index in [1.54, 1.807) is 0 Å². The zero-order chi connectivity index (χ0) is 86.8. The van der Waals surface area contributed by atoms with Crippen LogP contribution in [0.3, 0.4) is 0 Å². The van der Waals surface area contributed by atoms with Crippen molar-refractivity contribution in [2.24, 2.45) is 0 Å². The molecule has 0 bridgehead atoms. The summed E-state index contributed by atoms with van der Waals surface area (Å²) in [4.78, 5) is 66.5. The molecule has 3 rings (SSSR count). The van der Waals surface area contributed by atoms with E-state index in [9.17, 15) is 74.6 Å². The van der Waals surface area contributed by atoms with Gasteiger partial charge in [-0.25, -0.2) is 4.57 Å². The average molecular weight is 1720 g/mol. The number of carbonyl (C=O) groups excluding carboxylic acids is 4. The van der Waals surface area contributed by atoms with E-state index in [1.807, 2.05) is 0 Å². The van der Waals surface area contributed by atoms with Gasteiger partial charge in [0.15, 0.2) is 24.8 Å². The summed E-state index contributed by atoms with van der Waals surface area (Å²) >= 11 is 0. The Hall–Kier alpha value is -2.79. The minimum atomic E-state index is -5.81. The fourth-order valence-corrected chi connectivity index (χ4v) is 17.0. The first kappa shape index (κ1) is 110. The van der Waals surface area contributed by atoms with Crippen LogP contribution >= 0.6 is 7.82 Å². The van der Waals surface area contributed by atoms with Gasteiger partial charge in [0.25, 0.3) is 0 Å². The monoisotopic (exact) mass is 1720 g/mol. The van der Waals surface area contributed by atoms with Crippen LogP contribution in [0.4, 0.5) is 0 Å². The number of hydrogen-bond acceptors (Lipinski definition) is 24. The lowest BCUT2D eigenvalue weighted by Gasteiger charge is -2.50. The van der Waals surface area contributed by atoms with Gasteiger partial charge in [-0.2, -0.15) is 0 Å². The molecule has 2 aliphatic heterocycles. The van der Waals surface area contributed by atoms with Gasteiger partial charge in [0.1, 0.15) is 92.6 Å². The van der Waals surface area contributed by atoms with Crippen molar-refractivity contribution in [1.29, 1.82) is 0 Å². The van der Waals surface area contributed by atoms with Gasteiger partial charge in [0, 0.05) is 25.7 Å². The van der Waals surface area contributed by atoms with Gasteiger partial charge >= 0.3 is 31.7 Å². The van der Waals surface area contributed by atoms with Crippen LogP contribution < -0.4 is 0 Å². The number of unbranched alkanes of at least 4 members (excludes halogenated alkanes) is 53. The van der Waals surface area contributed by atoms with Crippen LogP contribution in [0.2, 0.25) is 0 Å². The third-order valence-electron chi connectivity index (χ3n) is 23.8. The maximum atomic E-state index is 14.9. The van der Waals surface area contributed by atoms with Crippen LogP contribution in [0.15, 0.2) is 12.2 Å². The second kappa shape index (κ2) is 72.3. The van der Waals surface area contributed by atoms with Crippen LogP contribution in [0, 0.1) is 0 Å². The van der Waals surface area contributed by atoms with Crippen LogP contribution in [-0.4, -0.2) is 205 Å². The van der Waals surface area contributed by atoms with Crippen molar-refractivity contribution in [3.8, 4) is 0 Å². The number of aliphatic hydroxyl groups excluding tert-OH is 9. The summed E-state index contributed by atoms with van der Waals surface area (Å²) < 4.78 is 73.5. The Kier molecular flexibility index (Phi) is 67.0. The summed E-state index contributed by atoms with van der Waals surface area (Å²) in [6.45, 7) is 5.62. The van der Waals surface area contributed by atoms with E-state index >= 15 is 0 Å². The molecule has 10 N–H and O–H groups in total. The summed E-state index contributed by atoms with van der Waals surface area (Å²) in [5.74, 6) is -2.95. The van der Waals surface area contributed by atoms with Crippen LogP contribution in [0.5, 0.6) is 0 Å². The summed E-state index contributed by atoms with van der Waals surface area (Å²) in [5, 5.41) is 102. The molecule has 1 saturated carbocycles. The molecule has 0 aromatic carbocycles. The molecule has 2 saturated heterocycles. The molecule has 18 unspecified atom stereocenters. The molecule has 0 aromatic rings. The molecule has 119 heavy (non-hydrogen) atoms. The van der Waals surface area contributed by atoms with Crippen molar-refractivity contribution < 1.29 is 122 Å². The maximum Gasteiger partial charge on any atom is 0.472 e. The van der Waals surface area contributed by atoms with Gasteiger partial charge in [-0.3, -0.25) is 28.2 Å². The van der Waals surface area contributed by atoms with E-state index in [-0.39, 0.29) is 25.7 Å². The highest BCUT2D eigenvalue weighted by Crippen LogP contribution is 2.49. The van der Waals surface area contributed by atoms with Crippen molar-refractivity contribution in [3.63, 3.8) is 0 Å². The number of rotatable bonds is 79. The fourth-order valence-electron chi connectivity index (χ4n) is 16.1. The van der Waals surface area contributed by atoms with Gasteiger partial charge < -0.3 is 88.7 Å². The number of esters is 4. The predicted octanol–water partition coefficient (Wildman–Crippen LogP) is 18.3. The van der Waals surface area contributed by atoms with E-state index in [0.717, 1.165) is 148 Å². The molecule has 25 nitrogen and oxygen atoms in total. The van der Waals surface area contributed by atoms with Gasteiger partial charge in [-0.1, -0.05) is 361 Å². The average Bonchev–Trinajstić information content (AvgIpc) is 0.753. The number of phosphoric acid groups is 1. The lowest BCUT2D eigenvalue weighted by molar-refractivity contribution is -0.360. The minimum Gasteiger partial charge on any atom is -0.463 e. The first-order chi connectivity index (χ1) is 57.7. The third kappa shape index (κ3) is 52.2. The predicted molar refractivity (Wildman–Crippen MR) is 463 cm³/mol. The Morgan fingerprint density at radius 1 is 0.328 bits per heavy atom. The zero-order valence-electron chi connectivity index (χ0n) is 74.7. The maximum absolute atomic E-state index is 14.9. The van der Waals surface area contributed by atoms with Crippen LogP contribution in [0.25, 0.3) is 0 Å². The molecule has 3 aliphatic rings. The Bertz CT molecular complexity index is 2520. The highest BCUT2D eigenvalue weighted by Gasteiger charge is 2.60. The van der Waals surface area contributed by atoms with Crippen molar-refractivity contribution in [1.82, 2.24) is 0 Å². The lowest BCUT2D eigenvalue weighted by Crippen LogP contribution is -2.70. The number of carbonyl (C=O) groups is 4. The summed E-state index contributed by atoms with van der Waals surface area (Å²) in [6.07, 6.45) is 31.8. The standard InChI is InChI=1S/C93H173O25P/c1-5-9-13-17-21-25-29-33-36-39-43-47-51-55-59-63-67-78(97)112-73(70-109-76(95)65-61-57-53-49-46-42-38-35-31-27-23-19-15-11-7-3)71-111-119(107,108)118-91-89(116-92-86(105)82(101)80(99)74(69-94)113-92)85(104)84(103)88(115-79(98)68-64-60-56-52-48-44-40-37-34-30-26-22-18-14-10-6-2)90(91)117-93-87(106)83(102)81(100)75(114-93)72-110-77(96)66-62-58-54-50-45-41-32-28-24-20-16-12-8-4/h27,31,73-75,80-94,99-106H,5-26,28-30,32-72H2,1-4H3,(H,107,108)/b31-27-. The Morgan fingerprint density at radius 2 is 0.630 bits per heavy atom. The Labute approximate surface area is 718 Å². The minimum absolute atomic E-state index is 0.0187. The SMILES string of the molecule is CCCCCC/C=C\CCCCCCCCCC(=O)OCC(COP(=O)(O)OC1C(OC2OC(CO)C(O)C(O)C2O)C(O)C(O)C(OC(=O)CCCCCCCCCCCCCCCCCC)C1OC1OC(COC(=O)CCCCCCCCCCCCCCC)C(O)C(O)C1O)OC(=O)CCCCCCCCCCCCCCCCCC. The topological polar surface area (TPSA) is 380 Å². The summed E-state index contributed by atoms with van der Waals surface area (Å²) in [5.41, 5.74) is 0. The smallest absolute Gasteiger partial charge is 0.463 e. The fraction of sp³-hybridized carbons (Fsp3) is 0.935. The number of allylic oxidation sites excluding steroid dienone is 2. The molecule has 700 valence electrons. The van der Waals surface area contributed by atoms with Crippen LogP contribution in [-0.2, 0) is 70.7 Å². The molecule has 0 amide bonds. The number of ether oxygens (including phenoxy) is 8. The van der Waals surface area contributed by atoms with Gasteiger partial charge in [-0.15, -0.1) is 0 Å². The number of phosphoric ester groups is 1. The molecule has 2 heterocycles. The largest absolute Gasteiger partial charge is 0.472 e. The van der Waals surface area contributed by atoms with Crippen LogP contribution in [0.1, 0.15) is 426 Å². The highest BCUT2D eigenvalue weighted by atomic mass is 31.2. The number of hydrogen-bond donors (Lipinski definition) is 10. The summed E-state index contributed by atoms with van der Waals surface area (Å²) in [7, 11) is -5.81. The lowest BCUT2D eigenvalue weighted by atomic mass is 9.84. The summed E-state index contributed by atoms with van der Waals surface area (Å²) in [6, 6.07) is 0. The third-order valence-corrected chi connectivity index (χ3v) is 24.8. The van der Waals surface area contributed by atoms with E-state index in [4.69, 9.17) is 46.9 Å². The Balaban J connectivity index is 1.91. The molecule has 0 spiro atoms. The van der Waals surface area contributed by atoms with Gasteiger partial charge in [-0.05, 0) is 51.4 Å². The quantitative estimate of drug-likeness (QED) is 0.00889.